The van der Waals surface area contributed by atoms with Gasteiger partial charge in [0.15, 0.2) is 0 Å². The molecule has 144 valence electrons. The van der Waals surface area contributed by atoms with Gasteiger partial charge in [-0.1, -0.05) is 82.1 Å². The molecule has 29 heavy (non-hydrogen) atoms. The molecule has 0 spiro atoms. The van der Waals surface area contributed by atoms with Crippen molar-refractivity contribution < 1.29 is 9.90 Å². The molecule has 0 bridgehead atoms. The molecule has 1 amide bonds. The number of amides is 1. The molecule has 4 aromatic carbocycles. The van der Waals surface area contributed by atoms with Crippen molar-refractivity contribution in [3.05, 3.63) is 111 Å². The Hall–Kier alpha value is -2.66. The van der Waals surface area contributed by atoms with E-state index in [4.69, 9.17) is 11.6 Å². The summed E-state index contributed by atoms with van der Waals surface area (Å²) >= 11 is 9.70. The molecule has 4 aromatic rings. The van der Waals surface area contributed by atoms with Crippen LogP contribution in [0.1, 0.15) is 27.6 Å². The van der Waals surface area contributed by atoms with E-state index in [2.05, 4.69) is 21.2 Å². The summed E-state index contributed by atoms with van der Waals surface area (Å²) in [5.74, 6) is -0.252. The summed E-state index contributed by atoms with van der Waals surface area (Å²) in [4.78, 5) is 13.1. The van der Waals surface area contributed by atoms with E-state index in [1.54, 1.807) is 24.3 Å². The maximum Gasteiger partial charge on any atom is 0.256 e. The summed E-state index contributed by atoms with van der Waals surface area (Å²) in [5, 5.41) is 16.1. The lowest BCUT2D eigenvalue weighted by Gasteiger charge is -2.18. The van der Waals surface area contributed by atoms with Crippen LogP contribution in [0, 0.1) is 0 Å². The van der Waals surface area contributed by atoms with Crippen LogP contribution in [0.2, 0.25) is 5.02 Å². The number of fused-ring (bicyclic) bond motifs is 1. The number of anilines is 1. The number of aliphatic hydroxyl groups excluding tert-OH is 1. The molecule has 3 nitrogen and oxygen atoms in total. The van der Waals surface area contributed by atoms with Gasteiger partial charge in [-0.25, -0.2) is 0 Å². The Morgan fingerprint density at radius 1 is 0.897 bits per heavy atom. The molecule has 0 aliphatic carbocycles. The van der Waals surface area contributed by atoms with E-state index in [1.165, 1.54) is 0 Å². The van der Waals surface area contributed by atoms with Crippen molar-refractivity contribution in [2.75, 3.05) is 5.32 Å². The first-order valence-corrected chi connectivity index (χ1v) is 10.2. The zero-order valence-corrected chi connectivity index (χ0v) is 17.6. The van der Waals surface area contributed by atoms with Gasteiger partial charge >= 0.3 is 0 Å². The van der Waals surface area contributed by atoms with E-state index < -0.39 is 6.10 Å². The molecule has 0 aromatic heterocycles. The standard InChI is InChI=1S/C24H17BrClNO2/c25-21-11-5-8-17-18(21)9-4-10-19(17)24(29)27-22-13-12-16(26)14-20(22)23(28)15-6-2-1-3-7-15/h1-14,23,28H,(H,27,29). The molecule has 4 rings (SSSR count). The highest BCUT2D eigenvalue weighted by Crippen LogP contribution is 2.32. The van der Waals surface area contributed by atoms with Crippen LogP contribution in [-0.4, -0.2) is 11.0 Å². The molecular formula is C24H17BrClNO2. The Balaban J connectivity index is 1.72. The van der Waals surface area contributed by atoms with E-state index in [9.17, 15) is 9.90 Å². The van der Waals surface area contributed by atoms with Crippen LogP contribution < -0.4 is 5.32 Å². The van der Waals surface area contributed by atoms with E-state index >= 15 is 0 Å². The van der Waals surface area contributed by atoms with Gasteiger partial charge < -0.3 is 10.4 Å². The molecule has 0 radical (unpaired) electrons. The first-order valence-electron chi connectivity index (χ1n) is 9.05. The Kier molecular flexibility index (Phi) is 5.67. The lowest BCUT2D eigenvalue weighted by Crippen LogP contribution is -2.15. The second kappa shape index (κ2) is 8.37. The van der Waals surface area contributed by atoms with Crippen molar-refractivity contribution in [1.82, 2.24) is 0 Å². The first-order chi connectivity index (χ1) is 14.0. The second-order valence-electron chi connectivity index (χ2n) is 6.64. The van der Waals surface area contributed by atoms with Crippen molar-refractivity contribution >= 4 is 49.9 Å². The van der Waals surface area contributed by atoms with E-state index in [0.29, 0.717) is 21.8 Å². The summed E-state index contributed by atoms with van der Waals surface area (Å²) in [5.41, 5.74) is 2.33. The fourth-order valence-electron chi connectivity index (χ4n) is 3.35. The lowest BCUT2D eigenvalue weighted by atomic mass is 9.99. The number of hydrogen-bond acceptors (Lipinski definition) is 2. The van der Waals surface area contributed by atoms with Gasteiger partial charge in [0, 0.05) is 26.3 Å². The summed E-state index contributed by atoms with van der Waals surface area (Å²) < 4.78 is 0.927. The number of nitrogens with one attached hydrogen (secondary N) is 1. The topological polar surface area (TPSA) is 49.3 Å². The molecule has 0 aliphatic heterocycles. The summed E-state index contributed by atoms with van der Waals surface area (Å²) in [6.07, 6.45) is -0.910. The average molecular weight is 467 g/mol. The maximum atomic E-state index is 13.1. The van der Waals surface area contributed by atoms with Crippen molar-refractivity contribution in [1.29, 1.82) is 0 Å². The number of aliphatic hydroxyl groups is 1. The molecule has 0 fully saturated rings. The third kappa shape index (κ3) is 4.06. The summed E-state index contributed by atoms with van der Waals surface area (Å²) in [7, 11) is 0. The maximum absolute atomic E-state index is 13.1. The Bertz CT molecular complexity index is 1190. The van der Waals surface area contributed by atoms with Gasteiger partial charge in [-0.3, -0.25) is 4.79 Å². The van der Waals surface area contributed by atoms with Gasteiger partial charge in [0.25, 0.3) is 5.91 Å². The van der Waals surface area contributed by atoms with Gasteiger partial charge in [-0.15, -0.1) is 0 Å². The normalized spacial score (nSPS) is 12.0. The third-order valence-electron chi connectivity index (χ3n) is 4.79. The Morgan fingerprint density at radius 2 is 1.62 bits per heavy atom. The van der Waals surface area contributed by atoms with Crippen LogP contribution in [0.15, 0.2) is 89.4 Å². The van der Waals surface area contributed by atoms with Crippen LogP contribution in [0.25, 0.3) is 10.8 Å². The molecule has 0 saturated carbocycles. The predicted octanol–water partition coefficient (Wildman–Crippen LogP) is 6.59. The highest BCUT2D eigenvalue weighted by atomic mass is 79.9. The molecule has 0 saturated heterocycles. The van der Waals surface area contributed by atoms with Crippen LogP contribution in [0.5, 0.6) is 0 Å². The van der Waals surface area contributed by atoms with Gasteiger partial charge in [-0.2, -0.15) is 0 Å². The molecule has 5 heteroatoms. The van der Waals surface area contributed by atoms with E-state index in [-0.39, 0.29) is 5.91 Å². The smallest absolute Gasteiger partial charge is 0.256 e. The number of hydrogen-bond donors (Lipinski definition) is 2. The number of halogens is 2. The largest absolute Gasteiger partial charge is 0.384 e. The Morgan fingerprint density at radius 3 is 2.41 bits per heavy atom. The number of rotatable bonds is 4. The van der Waals surface area contributed by atoms with Crippen molar-refractivity contribution in [3.63, 3.8) is 0 Å². The summed E-state index contributed by atoms with van der Waals surface area (Å²) in [6, 6.07) is 25.7. The minimum Gasteiger partial charge on any atom is -0.384 e. The lowest BCUT2D eigenvalue weighted by molar-refractivity contribution is 0.102. The number of benzene rings is 4. The van der Waals surface area contributed by atoms with Crippen LogP contribution in [0.3, 0.4) is 0 Å². The number of carbonyl (C=O) groups excluding carboxylic acids is 1. The zero-order chi connectivity index (χ0) is 20.4. The van der Waals surface area contributed by atoms with Crippen molar-refractivity contribution in [2.24, 2.45) is 0 Å². The average Bonchev–Trinajstić information content (AvgIpc) is 2.75. The number of carbonyl (C=O) groups is 1. The fraction of sp³-hybridized carbons (Fsp3) is 0.0417. The van der Waals surface area contributed by atoms with E-state index in [0.717, 1.165) is 20.8 Å². The molecular weight excluding hydrogens is 450 g/mol. The van der Waals surface area contributed by atoms with Gasteiger partial charge in [0.05, 0.1) is 0 Å². The van der Waals surface area contributed by atoms with Crippen molar-refractivity contribution in [3.8, 4) is 0 Å². The highest BCUT2D eigenvalue weighted by molar-refractivity contribution is 9.10. The van der Waals surface area contributed by atoms with E-state index in [1.807, 2.05) is 60.7 Å². The molecule has 1 unspecified atom stereocenters. The monoisotopic (exact) mass is 465 g/mol. The second-order valence-corrected chi connectivity index (χ2v) is 7.93. The van der Waals surface area contributed by atoms with Gasteiger partial charge in [-0.05, 0) is 46.7 Å². The molecule has 0 heterocycles. The third-order valence-corrected chi connectivity index (χ3v) is 5.71. The van der Waals surface area contributed by atoms with Gasteiger partial charge in [0.1, 0.15) is 6.10 Å². The quantitative estimate of drug-likeness (QED) is 0.356. The molecule has 0 aliphatic rings. The molecule has 1 atom stereocenters. The Labute approximate surface area is 182 Å². The van der Waals surface area contributed by atoms with Crippen molar-refractivity contribution in [2.45, 2.75) is 6.10 Å². The van der Waals surface area contributed by atoms with Crippen LogP contribution in [0.4, 0.5) is 5.69 Å². The highest BCUT2D eigenvalue weighted by Gasteiger charge is 2.18. The van der Waals surface area contributed by atoms with Crippen LogP contribution in [-0.2, 0) is 0 Å². The minimum atomic E-state index is -0.910. The van der Waals surface area contributed by atoms with Gasteiger partial charge in [0.2, 0.25) is 0 Å². The summed E-state index contributed by atoms with van der Waals surface area (Å²) in [6.45, 7) is 0. The predicted molar refractivity (Wildman–Crippen MR) is 122 cm³/mol. The minimum absolute atomic E-state index is 0.252. The van der Waals surface area contributed by atoms with Crippen LogP contribution >= 0.6 is 27.5 Å². The SMILES string of the molecule is O=C(Nc1ccc(Cl)cc1C(O)c1ccccc1)c1cccc2c(Br)cccc12. The fourth-order valence-corrected chi connectivity index (χ4v) is 4.03. The molecule has 2 N–H and O–H groups in total. The first kappa shape index (κ1) is 19.6. The zero-order valence-electron chi connectivity index (χ0n) is 15.3.